The first-order valence-corrected chi connectivity index (χ1v) is 5.78. The highest BCUT2D eigenvalue weighted by molar-refractivity contribution is 4.92. The van der Waals surface area contributed by atoms with Crippen molar-refractivity contribution in [2.45, 2.75) is 58.2 Å². The highest BCUT2D eigenvalue weighted by Gasteiger charge is 2.23. The summed E-state index contributed by atoms with van der Waals surface area (Å²) in [5, 5.41) is 0. The normalized spacial score (nSPS) is 19.3. The van der Waals surface area contributed by atoms with Gasteiger partial charge in [0.2, 0.25) is 0 Å². The second kappa shape index (κ2) is 6.29. The van der Waals surface area contributed by atoms with Gasteiger partial charge in [-0.25, -0.2) is 0 Å². The molecule has 0 aromatic rings. The Bertz CT molecular complexity index is 185. The molecule has 90 valence electrons. The largest absolute Gasteiger partial charge is 0.378 e. The van der Waals surface area contributed by atoms with Gasteiger partial charge in [-0.2, -0.15) is 0 Å². The monoisotopic (exact) mass is 214 g/mol. The summed E-state index contributed by atoms with van der Waals surface area (Å²) in [5.74, 6) is 0. The van der Waals surface area contributed by atoms with E-state index in [4.69, 9.17) is 9.47 Å². The molecule has 0 aliphatic rings. The Morgan fingerprint density at radius 3 is 2.13 bits per heavy atom. The Balaban J connectivity index is 4.02. The molecule has 0 saturated heterocycles. The first kappa shape index (κ1) is 14.7. The fourth-order valence-electron chi connectivity index (χ4n) is 1.23. The fraction of sp³-hybridized carbons (Fsp3) is 0.846. The molecule has 0 bridgehead atoms. The van der Waals surface area contributed by atoms with Crippen LogP contribution in [0.5, 0.6) is 0 Å². The minimum Gasteiger partial charge on any atom is -0.378 e. The Morgan fingerprint density at radius 1 is 1.20 bits per heavy atom. The lowest BCUT2D eigenvalue weighted by molar-refractivity contribution is -0.0564. The third-order valence-corrected chi connectivity index (χ3v) is 3.44. The summed E-state index contributed by atoms with van der Waals surface area (Å²) in [5.41, 5.74) is -0.252. The summed E-state index contributed by atoms with van der Waals surface area (Å²) in [6.45, 7) is 12.9. The zero-order valence-electron chi connectivity index (χ0n) is 10.9. The lowest BCUT2D eigenvalue weighted by Crippen LogP contribution is -2.31. The van der Waals surface area contributed by atoms with Gasteiger partial charge in [-0.15, -0.1) is 6.58 Å². The predicted octanol–water partition coefficient (Wildman–Crippen LogP) is 3.56. The maximum Gasteiger partial charge on any atom is 0.0829 e. The van der Waals surface area contributed by atoms with E-state index < -0.39 is 0 Å². The molecule has 15 heavy (non-hydrogen) atoms. The molecule has 0 aromatic heterocycles. The van der Waals surface area contributed by atoms with Gasteiger partial charge in [0, 0.05) is 7.11 Å². The lowest BCUT2D eigenvalue weighted by Gasteiger charge is -2.30. The smallest absolute Gasteiger partial charge is 0.0829 e. The van der Waals surface area contributed by atoms with Crippen molar-refractivity contribution in [1.29, 1.82) is 0 Å². The number of ether oxygens (including phenoxy) is 2. The van der Waals surface area contributed by atoms with Crippen molar-refractivity contribution < 1.29 is 9.47 Å². The van der Waals surface area contributed by atoms with Crippen molar-refractivity contribution in [3.05, 3.63) is 12.7 Å². The molecule has 0 N–H and O–H groups in total. The highest BCUT2D eigenvalue weighted by atomic mass is 16.5. The van der Waals surface area contributed by atoms with Crippen LogP contribution >= 0.6 is 0 Å². The number of methoxy groups -OCH3 is 1. The van der Waals surface area contributed by atoms with Crippen molar-refractivity contribution in [2.75, 3.05) is 13.7 Å². The quantitative estimate of drug-likeness (QED) is 0.575. The van der Waals surface area contributed by atoms with Crippen LogP contribution in [0.2, 0.25) is 0 Å². The molecule has 0 saturated carbocycles. The molecule has 2 heteroatoms. The topological polar surface area (TPSA) is 18.5 Å². The van der Waals surface area contributed by atoms with E-state index in [1.807, 2.05) is 6.08 Å². The van der Waals surface area contributed by atoms with E-state index in [-0.39, 0.29) is 11.2 Å². The number of hydrogen-bond acceptors (Lipinski definition) is 2. The van der Waals surface area contributed by atoms with Crippen LogP contribution in [0.3, 0.4) is 0 Å². The summed E-state index contributed by atoms with van der Waals surface area (Å²) < 4.78 is 11.3. The SMILES string of the molecule is C=CC(C)(CC)OCCC(C)(CC)OC. The second-order valence-corrected chi connectivity index (χ2v) is 4.48. The predicted molar refractivity (Wildman–Crippen MR) is 65.2 cm³/mol. The average molecular weight is 214 g/mol. The molecule has 2 unspecified atom stereocenters. The lowest BCUT2D eigenvalue weighted by atomic mass is 9.99. The van der Waals surface area contributed by atoms with Gasteiger partial charge in [-0.1, -0.05) is 19.9 Å². The fourth-order valence-corrected chi connectivity index (χ4v) is 1.23. The van der Waals surface area contributed by atoms with Crippen LogP contribution in [0, 0.1) is 0 Å². The van der Waals surface area contributed by atoms with Gasteiger partial charge in [0.15, 0.2) is 0 Å². The summed E-state index contributed by atoms with van der Waals surface area (Å²) in [6.07, 6.45) is 4.75. The van der Waals surface area contributed by atoms with Crippen molar-refractivity contribution in [1.82, 2.24) is 0 Å². The molecule has 2 atom stereocenters. The van der Waals surface area contributed by atoms with E-state index in [1.165, 1.54) is 0 Å². The van der Waals surface area contributed by atoms with Gasteiger partial charge in [-0.05, 0) is 33.1 Å². The van der Waals surface area contributed by atoms with E-state index in [2.05, 4.69) is 34.3 Å². The van der Waals surface area contributed by atoms with Crippen LogP contribution in [-0.4, -0.2) is 24.9 Å². The minimum atomic E-state index is -0.192. The molecule has 0 radical (unpaired) electrons. The van der Waals surface area contributed by atoms with Gasteiger partial charge in [0.25, 0.3) is 0 Å². The van der Waals surface area contributed by atoms with Crippen LogP contribution in [0.4, 0.5) is 0 Å². The minimum absolute atomic E-state index is 0.0597. The van der Waals surface area contributed by atoms with E-state index in [9.17, 15) is 0 Å². The first-order valence-electron chi connectivity index (χ1n) is 5.78. The third-order valence-electron chi connectivity index (χ3n) is 3.44. The zero-order valence-corrected chi connectivity index (χ0v) is 10.9. The summed E-state index contributed by atoms with van der Waals surface area (Å²) in [4.78, 5) is 0. The van der Waals surface area contributed by atoms with Crippen LogP contribution in [0.15, 0.2) is 12.7 Å². The Hall–Kier alpha value is -0.340. The van der Waals surface area contributed by atoms with Gasteiger partial charge in [0.05, 0.1) is 17.8 Å². The standard InChI is InChI=1S/C13H26O2/c1-7-12(4,8-2)15-11-10-13(5,9-3)14-6/h7H,1,8-11H2,2-6H3. The molecule has 0 amide bonds. The van der Waals surface area contributed by atoms with E-state index >= 15 is 0 Å². The van der Waals surface area contributed by atoms with Gasteiger partial charge < -0.3 is 9.47 Å². The van der Waals surface area contributed by atoms with Gasteiger partial charge in [0.1, 0.15) is 0 Å². The maximum atomic E-state index is 5.83. The maximum absolute atomic E-state index is 5.83. The molecule has 0 aromatic carbocycles. The van der Waals surface area contributed by atoms with Crippen LogP contribution in [-0.2, 0) is 9.47 Å². The molecular formula is C13H26O2. The van der Waals surface area contributed by atoms with Crippen LogP contribution in [0.25, 0.3) is 0 Å². The summed E-state index contributed by atoms with van der Waals surface area (Å²) in [7, 11) is 1.76. The third kappa shape index (κ3) is 4.80. The van der Waals surface area contributed by atoms with Crippen molar-refractivity contribution in [2.24, 2.45) is 0 Å². The Kier molecular flexibility index (Phi) is 6.15. The van der Waals surface area contributed by atoms with Gasteiger partial charge >= 0.3 is 0 Å². The Labute approximate surface area is 94.7 Å². The first-order chi connectivity index (χ1) is 6.95. The van der Waals surface area contributed by atoms with E-state index in [0.717, 1.165) is 19.3 Å². The van der Waals surface area contributed by atoms with Crippen LogP contribution in [0.1, 0.15) is 47.0 Å². The molecule has 0 aliphatic heterocycles. The van der Waals surface area contributed by atoms with Crippen molar-refractivity contribution in [3.8, 4) is 0 Å². The summed E-state index contributed by atoms with van der Waals surface area (Å²) in [6, 6.07) is 0. The highest BCUT2D eigenvalue weighted by Crippen LogP contribution is 2.22. The second-order valence-electron chi connectivity index (χ2n) is 4.48. The van der Waals surface area contributed by atoms with E-state index in [1.54, 1.807) is 7.11 Å². The Morgan fingerprint density at radius 2 is 1.80 bits per heavy atom. The molecule has 0 fully saturated rings. The summed E-state index contributed by atoms with van der Waals surface area (Å²) >= 11 is 0. The molecule has 0 aliphatic carbocycles. The molecule has 0 heterocycles. The average Bonchev–Trinajstić information content (AvgIpc) is 2.28. The van der Waals surface area contributed by atoms with Crippen LogP contribution < -0.4 is 0 Å². The molecule has 0 spiro atoms. The van der Waals surface area contributed by atoms with Crippen molar-refractivity contribution in [3.63, 3.8) is 0 Å². The number of rotatable bonds is 8. The molecular weight excluding hydrogens is 188 g/mol. The van der Waals surface area contributed by atoms with E-state index in [0.29, 0.717) is 6.61 Å². The van der Waals surface area contributed by atoms with Crippen molar-refractivity contribution >= 4 is 0 Å². The zero-order chi connectivity index (χ0) is 11.9. The number of hydrogen-bond donors (Lipinski definition) is 0. The van der Waals surface area contributed by atoms with Gasteiger partial charge in [-0.3, -0.25) is 0 Å². The molecule has 0 rings (SSSR count). The molecule has 2 nitrogen and oxygen atoms in total.